The molecule has 0 aliphatic heterocycles. The fourth-order valence-corrected chi connectivity index (χ4v) is 1.71. The Hall–Kier alpha value is -0.910. The van der Waals surface area contributed by atoms with E-state index < -0.39 is 11.4 Å². The fraction of sp³-hybridized carbons (Fsp3) is 0.800. The van der Waals surface area contributed by atoms with Gasteiger partial charge in [0.25, 0.3) is 0 Å². The Kier molecular flexibility index (Phi) is 12.7. The largest absolute Gasteiger partial charge is 0.478 e. The molecule has 0 unspecified atom stereocenters. The summed E-state index contributed by atoms with van der Waals surface area (Å²) in [6.45, 7) is 7.23. The molecule has 0 amide bonds. The van der Waals surface area contributed by atoms with Gasteiger partial charge in [0.2, 0.25) is 0 Å². The van der Waals surface area contributed by atoms with E-state index in [2.05, 4.69) is 0 Å². The molecular formula is C15H30O5. The molecule has 0 radical (unpaired) electrons. The highest BCUT2D eigenvalue weighted by Gasteiger charge is 2.24. The van der Waals surface area contributed by atoms with E-state index in [1.54, 1.807) is 0 Å². The van der Waals surface area contributed by atoms with Crippen LogP contribution < -0.4 is 0 Å². The molecule has 0 saturated carbocycles. The lowest BCUT2D eigenvalue weighted by atomic mass is 9.88. The standard InChI is InChI=1S/C9H16O2.C6H14O3/c1-4-7(5-2)8(6-3)9(10)11;1-2-6(3-7,4-8)5-9/h4-6H2,1-3H3,(H,10,11);7-9H,2-5H2,1H3. The molecule has 0 heterocycles. The Labute approximate surface area is 122 Å². The van der Waals surface area contributed by atoms with Crippen LogP contribution in [0.1, 0.15) is 53.4 Å². The predicted molar refractivity (Wildman–Crippen MR) is 79.5 cm³/mol. The van der Waals surface area contributed by atoms with Crippen molar-refractivity contribution in [1.29, 1.82) is 0 Å². The van der Waals surface area contributed by atoms with Gasteiger partial charge in [0, 0.05) is 11.0 Å². The Morgan fingerprint density at radius 1 is 0.850 bits per heavy atom. The summed E-state index contributed by atoms with van der Waals surface area (Å²) in [5.41, 5.74) is 0.995. The van der Waals surface area contributed by atoms with Crippen LogP contribution in [0.5, 0.6) is 0 Å². The predicted octanol–water partition coefficient (Wildman–Crippen LogP) is 1.96. The summed E-state index contributed by atoms with van der Waals surface area (Å²) in [7, 11) is 0. The van der Waals surface area contributed by atoms with Crippen LogP contribution in [0.2, 0.25) is 0 Å². The quantitative estimate of drug-likeness (QED) is 0.512. The molecule has 0 aliphatic rings. The summed E-state index contributed by atoms with van der Waals surface area (Å²) in [5, 5.41) is 34.7. The second-order valence-corrected chi connectivity index (χ2v) is 4.78. The monoisotopic (exact) mass is 290 g/mol. The van der Waals surface area contributed by atoms with Gasteiger partial charge in [-0.3, -0.25) is 0 Å². The minimum Gasteiger partial charge on any atom is -0.478 e. The SMILES string of the molecule is CCC(CC)=C(CC)C(=O)O.CCC(CO)(CO)CO. The molecule has 0 atom stereocenters. The Morgan fingerprint density at radius 2 is 1.25 bits per heavy atom. The van der Waals surface area contributed by atoms with Crippen molar-refractivity contribution in [2.45, 2.75) is 53.4 Å². The van der Waals surface area contributed by atoms with Crippen LogP contribution >= 0.6 is 0 Å². The number of rotatable bonds is 8. The third-order valence-electron chi connectivity index (χ3n) is 3.65. The number of allylic oxidation sites excluding steroid dienone is 1. The Balaban J connectivity index is 0. The van der Waals surface area contributed by atoms with Gasteiger partial charge in [-0.1, -0.05) is 33.3 Å². The molecule has 5 heteroatoms. The minimum absolute atomic E-state index is 0.156. The number of hydrogen-bond acceptors (Lipinski definition) is 4. The zero-order chi connectivity index (χ0) is 16.2. The molecule has 5 nitrogen and oxygen atoms in total. The first kappa shape index (κ1) is 21.4. The third-order valence-corrected chi connectivity index (χ3v) is 3.65. The van der Waals surface area contributed by atoms with E-state index >= 15 is 0 Å². The smallest absolute Gasteiger partial charge is 0.331 e. The first-order valence-electron chi connectivity index (χ1n) is 7.18. The van der Waals surface area contributed by atoms with E-state index in [9.17, 15) is 4.79 Å². The molecule has 0 aromatic heterocycles. The van der Waals surface area contributed by atoms with Crippen LogP contribution in [0.4, 0.5) is 0 Å². The molecule has 0 spiro atoms. The van der Waals surface area contributed by atoms with Crippen LogP contribution in [-0.4, -0.2) is 46.2 Å². The van der Waals surface area contributed by atoms with Crippen molar-refractivity contribution in [3.63, 3.8) is 0 Å². The number of aliphatic hydroxyl groups excluding tert-OH is 3. The lowest BCUT2D eigenvalue weighted by molar-refractivity contribution is -0.132. The Morgan fingerprint density at radius 3 is 1.30 bits per heavy atom. The van der Waals surface area contributed by atoms with Crippen molar-refractivity contribution in [2.75, 3.05) is 19.8 Å². The molecule has 0 aromatic rings. The number of carboxylic acids is 1. The minimum atomic E-state index is -0.758. The lowest BCUT2D eigenvalue weighted by Gasteiger charge is -2.24. The molecule has 20 heavy (non-hydrogen) atoms. The summed E-state index contributed by atoms with van der Waals surface area (Å²) >= 11 is 0. The van der Waals surface area contributed by atoms with Crippen LogP contribution in [0, 0.1) is 5.41 Å². The van der Waals surface area contributed by atoms with Crippen molar-refractivity contribution in [3.8, 4) is 0 Å². The average molecular weight is 290 g/mol. The van der Waals surface area contributed by atoms with Gasteiger partial charge in [0.15, 0.2) is 0 Å². The lowest BCUT2D eigenvalue weighted by Crippen LogP contribution is -2.32. The summed E-state index contributed by atoms with van der Waals surface area (Å²) in [5.74, 6) is -0.758. The molecule has 0 fully saturated rings. The highest BCUT2D eigenvalue weighted by Crippen LogP contribution is 2.18. The molecule has 120 valence electrons. The first-order valence-corrected chi connectivity index (χ1v) is 7.18. The number of aliphatic hydroxyl groups is 3. The highest BCUT2D eigenvalue weighted by molar-refractivity contribution is 5.87. The van der Waals surface area contributed by atoms with Crippen LogP contribution in [0.15, 0.2) is 11.1 Å². The molecule has 0 rings (SSSR count). The van der Waals surface area contributed by atoms with Gasteiger partial charge in [-0.15, -0.1) is 0 Å². The van der Waals surface area contributed by atoms with Gasteiger partial charge in [0.1, 0.15) is 0 Å². The summed E-state index contributed by atoms with van der Waals surface area (Å²) in [4.78, 5) is 10.6. The van der Waals surface area contributed by atoms with Crippen molar-refractivity contribution >= 4 is 5.97 Å². The summed E-state index contributed by atoms with van der Waals surface area (Å²) < 4.78 is 0. The molecule has 0 saturated heterocycles. The van der Waals surface area contributed by atoms with Gasteiger partial charge in [0.05, 0.1) is 19.8 Å². The van der Waals surface area contributed by atoms with Crippen molar-refractivity contribution in [2.24, 2.45) is 5.41 Å². The van der Waals surface area contributed by atoms with Crippen LogP contribution in [0.3, 0.4) is 0 Å². The van der Waals surface area contributed by atoms with Crippen molar-refractivity contribution in [1.82, 2.24) is 0 Å². The number of hydrogen-bond donors (Lipinski definition) is 4. The van der Waals surface area contributed by atoms with Crippen molar-refractivity contribution < 1.29 is 25.2 Å². The molecule has 0 bridgehead atoms. The van der Waals surface area contributed by atoms with Crippen LogP contribution in [0.25, 0.3) is 0 Å². The molecule has 0 aromatic carbocycles. The first-order chi connectivity index (χ1) is 9.41. The van der Waals surface area contributed by atoms with Gasteiger partial charge >= 0.3 is 5.97 Å². The summed E-state index contributed by atoms with van der Waals surface area (Å²) in [6, 6.07) is 0. The van der Waals surface area contributed by atoms with Crippen LogP contribution in [-0.2, 0) is 4.79 Å². The fourth-order valence-electron chi connectivity index (χ4n) is 1.71. The van der Waals surface area contributed by atoms with Gasteiger partial charge in [-0.2, -0.15) is 0 Å². The molecular weight excluding hydrogens is 260 g/mol. The number of aliphatic carboxylic acids is 1. The highest BCUT2D eigenvalue weighted by atomic mass is 16.4. The topological polar surface area (TPSA) is 98.0 Å². The molecule has 4 N–H and O–H groups in total. The molecule has 0 aliphatic carbocycles. The number of carbonyl (C=O) groups is 1. The maximum absolute atomic E-state index is 10.6. The normalized spacial score (nSPS) is 10.6. The zero-order valence-corrected chi connectivity index (χ0v) is 13.1. The zero-order valence-electron chi connectivity index (χ0n) is 13.1. The second-order valence-electron chi connectivity index (χ2n) is 4.78. The second kappa shape index (κ2) is 11.9. The average Bonchev–Trinajstić information content (AvgIpc) is 2.48. The maximum atomic E-state index is 10.6. The Bertz CT molecular complexity index is 269. The van der Waals surface area contributed by atoms with Gasteiger partial charge in [-0.25, -0.2) is 4.79 Å². The number of carboxylic acid groups (broad SMARTS) is 1. The van der Waals surface area contributed by atoms with E-state index in [0.717, 1.165) is 18.4 Å². The van der Waals surface area contributed by atoms with Crippen molar-refractivity contribution in [3.05, 3.63) is 11.1 Å². The third kappa shape index (κ3) is 7.03. The summed E-state index contributed by atoms with van der Waals surface area (Å²) in [6.07, 6.45) is 2.93. The van der Waals surface area contributed by atoms with Gasteiger partial charge in [-0.05, 0) is 25.7 Å². The van der Waals surface area contributed by atoms with E-state index in [1.165, 1.54) is 0 Å². The van der Waals surface area contributed by atoms with E-state index in [-0.39, 0.29) is 19.8 Å². The van der Waals surface area contributed by atoms with Gasteiger partial charge < -0.3 is 20.4 Å². The van der Waals surface area contributed by atoms with E-state index in [1.807, 2.05) is 27.7 Å². The maximum Gasteiger partial charge on any atom is 0.331 e. The van der Waals surface area contributed by atoms with E-state index in [0.29, 0.717) is 18.4 Å². The van der Waals surface area contributed by atoms with E-state index in [4.69, 9.17) is 20.4 Å².